The minimum Gasteiger partial charge on any atom is -0.469 e. The minimum absolute atomic E-state index is 0.0619. The summed E-state index contributed by atoms with van der Waals surface area (Å²) in [5.74, 6) is 0.577. The molecular formula is C9H17NO2. The average molecular weight is 171 g/mol. The van der Waals surface area contributed by atoms with E-state index < -0.39 is 0 Å². The van der Waals surface area contributed by atoms with Crippen LogP contribution in [0.2, 0.25) is 0 Å². The average Bonchev–Trinajstić information content (AvgIpc) is 2.17. The van der Waals surface area contributed by atoms with Gasteiger partial charge in [-0.15, -0.1) is 0 Å². The summed E-state index contributed by atoms with van der Waals surface area (Å²) in [6.07, 6.45) is 4.18. The summed E-state index contributed by atoms with van der Waals surface area (Å²) >= 11 is 0. The number of hydrogen-bond acceptors (Lipinski definition) is 3. The number of hydrogen-bond donors (Lipinski definition) is 1. The second-order valence-electron chi connectivity index (χ2n) is 3.49. The van der Waals surface area contributed by atoms with Crippen molar-refractivity contribution in [3.05, 3.63) is 0 Å². The highest BCUT2D eigenvalue weighted by Gasteiger charge is 2.26. The number of nitrogens with two attached hydrogens (primary N) is 1. The van der Waals surface area contributed by atoms with Crippen molar-refractivity contribution in [1.82, 2.24) is 0 Å². The lowest BCUT2D eigenvalue weighted by atomic mass is 9.81. The lowest BCUT2D eigenvalue weighted by molar-refractivity contribution is -0.147. The standard InChI is InChI=1S/C9H17NO2/c1-12-9(11)8-4-2-3-7(5-8)6-10/h7-8H,2-6,10H2,1H3/t7-,8?/m1/s1. The normalized spacial score (nSPS) is 29.8. The molecule has 0 spiro atoms. The van der Waals surface area contributed by atoms with Crippen molar-refractivity contribution >= 4 is 5.97 Å². The topological polar surface area (TPSA) is 52.3 Å². The number of carbonyl (C=O) groups is 1. The Morgan fingerprint density at radius 2 is 2.33 bits per heavy atom. The van der Waals surface area contributed by atoms with Crippen LogP contribution < -0.4 is 5.73 Å². The van der Waals surface area contributed by atoms with E-state index in [9.17, 15) is 4.79 Å². The molecule has 0 aliphatic heterocycles. The summed E-state index contributed by atoms with van der Waals surface area (Å²) in [7, 11) is 1.45. The highest BCUT2D eigenvalue weighted by atomic mass is 16.5. The van der Waals surface area contributed by atoms with Gasteiger partial charge in [-0.3, -0.25) is 4.79 Å². The molecule has 3 nitrogen and oxygen atoms in total. The van der Waals surface area contributed by atoms with Crippen LogP contribution in [0.5, 0.6) is 0 Å². The Balaban J connectivity index is 2.40. The van der Waals surface area contributed by atoms with Crippen molar-refractivity contribution in [3.8, 4) is 0 Å². The van der Waals surface area contributed by atoms with Crippen molar-refractivity contribution in [2.75, 3.05) is 13.7 Å². The highest BCUT2D eigenvalue weighted by Crippen LogP contribution is 2.28. The molecule has 1 aliphatic carbocycles. The molecule has 0 radical (unpaired) electrons. The molecular weight excluding hydrogens is 154 g/mol. The molecule has 0 amide bonds. The third-order valence-electron chi connectivity index (χ3n) is 2.65. The van der Waals surface area contributed by atoms with E-state index in [1.807, 2.05) is 0 Å². The quantitative estimate of drug-likeness (QED) is 0.629. The van der Waals surface area contributed by atoms with Crippen molar-refractivity contribution in [1.29, 1.82) is 0 Å². The molecule has 0 heterocycles. The molecule has 0 saturated heterocycles. The number of ether oxygens (including phenoxy) is 1. The van der Waals surface area contributed by atoms with Gasteiger partial charge in [-0.2, -0.15) is 0 Å². The number of rotatable bonds is 2. The Kier molecular flexibility index (Phi) is 3.53. The maximum atomic E-state index is 11.2. The number of methoxy groups -OCH3 is 1. The Morgan fingerprint density at radius 3 is 2.92 bits per heavy atom. The predicted molar refractivity (Wildman–Crippen MR) is 46.5 cm³/mol. The second kappa shape index (κ2) is 4.45. The van der Waals surface area contributed by atoms with Gasteiger partial charge in [0.2, 0.25) is 0 Å². The Labute approximate surface area is 73.3 Å². The molecule has 1 aliphatic rings. The van der Waals surface area contributed by atoms with E-state index in [2.05, 4.69) is 0 Å². The molecule has 1 saturated carbocycles. The van der Waals surface area contributed by atoms with Gasteiger partial charge in [-0.05, 0) is 31.7 Å². The Morgan fingerprint density at radius 1 is 1.58 bits per heavy atom. The summed E-state index contributed by atoms with van der Waals surface area (Å²) < 4.78 is 4.70. The van der Waals surface area contributed by atoms with Crippen LogP contribution in [0.15, 0.2) is 0 Å². The minimum atomic E-state index is -0.0619. The van der Waals surface area contributed by atoms with Gasteiger partial charge >= 0.3 is 5.97 Å². The van der Waals surface area contributed by atoms with Gasteiger partial charge in [-0.25, -0.2) is 0 Å². The molecule has 12 heavy (non-hydrogen) atoms. The van der Waals surface area contributed by atoms with E-state index in [0.29, 0.717) is 12.5 Å². The third kappa shape index (κ3) is 2.21. The summed E-state index contributed by atoms with van der Waals surface area (Å²) in [4.78, 5) is 11.2. The van der Waals surface area contributed by atoms with Crippen LogP contribution >= 0.6 is 0 Å². The first-order valence-electron chi connectivity index (χ1n) is 4.55. The first-order valence-corrected chi connectivity index (χ1v) is 4.55. The summed E-state index contributed by atoms with van der Waals surface area (Å²) in [6.45, 7) is 0.702. The molecule has 3 heteroatoms. The first-order chi connectivity index (χ1) is 5.77. The maximum absolute atomic E-state index is 11.2. The van der Waals surface area contributed by atoms with E-state index in [1.165, 1.54) is 13.5 Å². The van der Waals surface area contributed by atoms with Crippen molar-refractivity contribution in [3.63, 3.8) is 0 Å². The monoisotopic (exact) mass is 171 g/mol. The van der Waals surface area contributed by atoms with Crippen LogP contribution in [-0.2, 0) is 9.53 Å². The van der Waals surface area contributed by atoms with Crippen molar-refractivity contribution < 1.29 is 9.53 Å². The van der Waals surface area contributed by atoms with Crippen molar-refractivity contribution in [2.45, 2.75) is 25.7 Å². The van der Waals surface area contributed by atoms with Crippen LogP contribution in [0.1, 0.15) is 25.7 Å². The molecule has 0 bridgehead atoms. The van der Waals surface area contributed by atoms with E-state index in [0.717, 1.165) is 19.3 Å². The van der Waals surface area contributed by atoms with Gasteiger partial charge in [0, 0.05) is 0 Å². The molecule has 0 aromatic rings. The van der Waals surface area contributed by atoms with Crippen LogP contribution in [0.3, 0.4) is 0 Å². The molecule has 2 N–H and O–H groups in total. The largest absolute Gasteiger partial charge is 0.469 e. The van der Waals surface area contributed by atoms with Gasteiger partial charge < -0.3 is 10.5 Å². The van der Waals surface area contributed by atoms with E-state index >= 15 is 0 Å². The summed E-state index contributed by atoms with van der Waals surface area (Å²) in [5, 5.41) is 0. The van der Waals surface area contributed by atoms with Crippen LogP contribution in [0, 0.1) is 11.8 Å². The van der Waals surface area contributed by atoms with Gasteiger partial charge in [0.1, 0.15) is 0 Å². The smallest absolute Gasteiger partial charge is 0.308 e. The first kappa shape index (κ1) is 9.52. The second-order valence-corrected chi connectivity index (χ2v) is 3.49. The van der Waals surface area contributed by atoms with Crippen LogP contribution in [0.4, 0.5) is 0 Å². The fourth-order valence-corrected chi connectivity index (χ4v) is 1.89. The lowest BCUT2D eigenvalue weighted by Gasteiger charge is -2.26. The SMILES string of the molecule is COC(=O)C1CCC[C@@H](CN)C1. The van der Waals surface area contributed by atoms with Gasteiger partial charge in [0.05, 0.1) is 13.0 Å². The van der Waals surface area contributed by atoms with Crippen LogP contribution in [0.25, 0.3) is 0 Å². The van der Waals surface area contributed by atoms with Gasteiger partial charge in [-0.1, -0.05) is 6.42 Å². The van der Waals surface area contributed by atoms with Crippen molar-refractivity contribution in [2.24, 2.45) is 17.6 Å². The molecule has 2 atom stereocenters. The molecule has 0 aromatic heterocycles. The van der Waals surface area contributed by atoms with Crippen LogP contribution in [-0.4, -0.2) is 19.6 Å². The molecule has 1 fully saturated rings. The third-order valence-corrected chi connectivity index (χ3v) is 2.65. The molecule has 1 unspecified atom stereocenters. The summed E-state index contributed by atoms with van der Waals surface area (Å²) in [5.41, 5.74) is 5.55. The fourth-order valence-electron chi connectivity index (χ4n) is 1.89. The predicted octanol–water partition coefficient (Wildman–Crippen LogP) is 0.924. The lowest BCUT2D eigenvalue weighted by Crippen LogP contribution is -2.27. The Hall–Kier alpha value is -0.570. The number of carbonyl (C=O) groups excluding carboxylic acids is 1. The van der Waals surface area contributed by atoms with E-state index in [4.69, 9.17) is 10.5 Å². The van der Waals surface area contributed by atoms with E-state index in [1.54, 1.807) is 0 Å². The zero-order valence-corrected chi connectivity index (χ0v) is 7.58. The van der Waals surface area contributed by atoms with Gasteiger partial charge in [0.25, 0.3) is 0 Å². The van der Waals surface area contributed by atoms with Gasteiger partial charge in [0.15, 0.2) is 0 Å². The Bertz CT molecular complexity index is 159. The molecule has 1 rings (SSSR count). The molecule has 70 valence electrons. The number of esters is 1. The van der Waals surface area contributed by atoms with E-state index in [-0.39, 0.29) is 11.9 Å². The fraction of sp³-hybridized carbons (Fsp3) is 0.889. The zero-order chi connectivity index (χ0) is 8.97. The molecule has 0 aromatic carbocycles. The maximum Gasteiger partial charge on any atom is 0.308 e. The highest BCUT2D eigenvalue weighted by molar-refractivity contribution is 5.72. The zero-order valence-electron chi connectivity index (χ0n) is 7.58. The summed E-state index contributed by atoms with van der Waals surface area (Å²) in [6, 6.07) is 0.